The van der Waals surface area contributed by atoms with Crippen LogP contribution in [0.3, 0.4) is 0 Å². The predicted octanol–water partition coefficient (Wildman–Crippen LogP) is 3.16. The van der Waals surface area contributed by atoms with Crippen LogP contribution in [-0.4, -0.2) is 25.0 Å². The zero-order valence-corrected chi connectivity index (χ0v) is 16.9. The van der Waals surface area contributed by atoms with Gasteiger partial charge in [-0.1, -0.05) is 37.0 Å². The second kappa shape index (κ2) is 8.36. The molecule has 0 bridgehead atoms. The van der Waals surface area contributed by atoms with Gasteiger partial charge in [-0.05, 0) is 18.1 Å². The van der Waals surface area contributed by atoms with Crippen molar-refractivity contribution in [3.05, 3.63) is 70.7 Å². The van der Waals surface area contributed by atoms with E-state index in [0.717, 1.165) is 0 Å². The maximum absolute atomic E-state index is 12.9. The zero-order valence-electron chi connectivity index (χ0n) is 15.4. The Morgan fingerprint density at radius 2 is 1.70 bits per heavy atom. The van der Waals surface area contributed by atoms with E-state index in [9.17, 15) is 23.2 Å². The highest BCUT2D eigenvalue weighted by Crippen LogP contribution is 2.37. The number of rotatable bonds is 5. The van der Waals surface area contributed by atoms with Crippen molar-refractivity contribution in [2.45, 2.75) is 26.2 Å². The summed E-state index contributed by atoms with van der Waals surface area (Å²) in [5.41, 5.74) is -3.53. The number of hydrogen-bond donors (Lipinski definition) is 2. The van der Waals surface area contributed by atoms with Crippen LogP contribution in [-0.2, 0) is 0 Å². The number of nitrogens with zero attached hydrogens (tertiary/aromatic N) is 3. The van der Waals surface area contributed by atoms with Crippen LogP contribution in [0.25, 0.3) is 5.69 Å². The van der Waals surface area contributed by atoms with Gasteiger partial charge >= 0.3 is 5.69 Å². The third-order valence-electron chi connectivity index (χ3n) is 3.92. The fourth-order valence-corrected chi connectivity index (χ4v) is 3.04. The van der Waals surface area contributed by atoms with Gasteiger partial charge in [-0.15, -0.1) is 5.10 Å². The summed E-state index contributed by atoms with van der Waals surface area (Å²) in [7, 11) is 0. The van der Waals surface area contributed by atoms with E-state index in [0.29, 0.717) is 10.2 Å². The number of aromatic amines is 2. The summed E-state index contributed by atoms with van der Waals surface area (Å²) in [6.45, 7) is 3.62. The molecule has 3 aromatic rings. The first-order chi connectivity index (χ1) is 14.1. The van der Waals surface area contributed by atoms with E-state index in [1.807, 2.05) is 13.8 Å². The summed E-state index contributed by atoms with van der Waals surface area (Å²) < 4.78 is 32.0. The Kier molecular flexibility index (Phi) is 6.04. The molecule has 13 heteroatoms. The number of hydrogen-bond acceptors (Lipinski definition) is 6. The molecular formula is C17H13Cl2F2N5O4. The van der Waals surface area contributed by atoms with Gasteiger partial charge in [-0.3, -0.25) is 14.6 Å². The number of alkyl halides is 2. The molecule has 2 heterocycles. The SMILES string of the molecule is CC(C)c1cc(Oc2c(Cl)cc(-n3nc(C(F)F)c(=O)[nH]c3=O)cc2Cl)n[nH]c1=O. The Morgan fingerprint density at radius 3 is 2.27 bits per heavy atom. The van der Waals surface area contributed by atoms with Gasteiger partial charge in [0.05, 0.1) is 15.7 Å². The Bertz CT molecular complexity index is 1260. The molecule has 0 radical (unpaired) electrons. The number of ether oxygens (including phenoxy) is 1. The van der Waals surface area contributed by atoms with Crippen LogP contribution >= 0.6 is 23.2 Å². The lowest BCUT2D eigenvalue weighted by Crippen LogP contribution is -2.34. The quantitative estimate of drug-likeness (QED) is 0.603. The van der Waals surface area contributed by atoms with Crippen LogP contribution in [0.2, 0.25) is 10.0 Å². The Hall–Kier alpha value is -3.05. The molecule has 0 aliphatic carbocycles. The van der Waals surface area contributed by atoms with E-state index in [4.69, 9.17) is 27.9 Å². The fraction of sp³-hybridized carbons (Fsp3) is 0.235. The van der Waals surface area contributed by atoms with Gasteiger partial charge in [-0.25, -0.2) is 18.7 Å². The molecule has 0 saturated heterocycles. The molecule has 0 aliphatic heterocycles. The van der Waals surface area contributed by atoms with Crippen LogP contribution < -0.4 is 21.5 Å². The lowest BCUT2D eigenvalue weighted by molar-refractivity contribution is 0.141. The Balaban J connectivity index is 2.05. The van der Waals surface area contributed by atoms with Gasteiger partial charge in [0.2, 0.25) is 5.88 Å². The molecular weight excluding hydrogens is 447 g/mol. The summed E-state index contributed by atoms with van der Waals surface area (Å²) in [4.78, 5) is 37.0. The molecule has 1 aromatic carbocycles. The topological polar surface area (TPSA) is 123 Å². The number of halogens is 4. The van der Waals surface area contributed by atoms with Gasteiger partial charge in [0, 0.05) is 11.6 Å². The number of aromatic nitrogens is 5. The highest BCUT2D eigenvalue weighted by molar-refractivity contribution is 6.37. The van der Waals surface area contributed by atoms with Crippen LogP contribution in [0, 0.1) is 0 Å². The van der Waals surface area contributed by atoms with E-state index in [-0.39, 0.29) is 38.8 Å². The Morgan fingerprint density at radius 1 is 1.07 bits per heavy atom. The minimum absolute atomic E-state index is 0.00849. The van der Waals surface area contributed by atoms with E-state index < -0.39 is 23.4 Å². The summed E-state index contributed by atoms with van der Waals surface area (Å²) >= 11 is 12.4. The van der Waals surface area contributed by atoms with Crippen molar-refractivity contribution in [2.24, 2.45) is 0 Å². The van der Waals surface area contributed by atoms with Gasteiger partial charge < -0.3 is 4.74 Å². The van der Waals surface area contributed by atoms with Gasteiger partial charge in [0.25, 0.3) is 17.5 Å². The highest BCUT2D eigenvalue weighted by Gasteiger charge is 2.19. The summed E-state index contributed by atoms with van der Waals surface area (Å²) in [6.07, 6.45) is -3.20. The van der Waals surface area contributed by atoms with E-state index in [2.05, 4.69) is 15.3 Å². The molecule has 2 N–H and O–H groups in total. The zero-order chi connectivity index (χ0) is 22.2. The van der Waals surface area contributed by atoms with Crippen molar-refractivity contribution >= 4 is 23.2 Å². The molecule has 0 spiro atoms. The van der Waals surface area contributed by atoms with Crippen LogP contribution in [0.4, 0.5) is 8.78 Å². The van der Waals surface area contributed by atoms with Crippen molar-refractivity contribution in [2.75, 3.05) is 0 Å². The van der Waals surface area contributed by atoms with E-state index in [1.54, 1.807) is 4.98 Å². The van der Waals surface area contributed by atoms with Crippen LogP contribution in [0.15, 0.2) is 32.6 Å². The minimum atomic E-state index is -3.20. The first-order valence-corrected chi connectivity index (χ1v) is 9.12. The van der Waals surface area contributed by atoms with Crippen molar-refractivity contribution in [3.8, 4) is 17.3 Å². The summed E-state index contributed by atoms with van der Waals surface area (Å²) in [5.74, 6) is -0.147. The van der Waals surface area contributed by atoms with E-state index >= 15 is 0 Å². The third kappa shape index (κ3) is 4.26. The smallest absolute Gasteiger partial charge is 0.349 e. The first kappa shape index (κ1) is 21.7. The van der Waals surface area contributed by atoms with Crippen molar-refractivity contribution < 1.29 is 13.5 Å². The van der Waals surface area contributed by atoms with Crippen LogP contribution in [0.1, 0.15) is 37.4 Å². The molecule has 2 aromatic heterocycles. The largest absolute Gasteiger partial charge is 0.434 e. The molecule has 158 valence electrons. The predicted molar refractivity (Wildman–Crippen MR) is 104 cm³/mol. The molecule has 0 unspecified atom stereocenters. The molecule has 0 saturated carbocycles. The number of nitrogens with one attached hydrogen (secondary N) is 2. The lowest BCUT2D eigenvalue weighted by atomic mass is 10.1. The fourth-order valence-electron chi connectivity index (χ4n) is 2.48. The molecule has 9 nitrogen and oxygen atoms in total. The van der Waals surface area contributed by atoms with Crippen molar-refractivity contribution in [1.29, 1.82) is 0 Å². The third-order valence-corrected chi connectivity index (χ3v) is 4.49. The Labute approximate surface area is 176 Å². The molecule has 3 rings (SSSR count). The molecule has 0 atom stereocenters. The van der Waals surface area contributed by atoms with Gasteiger partial charge in [0.1, 0.15) is 0 Å². The maximum atomic E-state index is 12.9. The average molecular weight is 460 g/mol. The monoisotopic (exact) mass is 459 g/mol. The normalized spacial score (nSPS) is 11.3. The van der Waals surface area contributed by atoms with E-state index in [1.165, 1.54) is 18.2 Å². The molecule has 0 aliphatic rings. The standard InChI is InChI=1S/C17H13Cl2F2N5O4/c1-6(2)8-5-11(23-24-15(8)27)30-13-9(18)3-7(4-10(13)19)26-17(29)22-16(28)12(25-26)14(20)21/h3-6,14H,1-2H3,(H,24,27)(H,22,28,29). The molecule has 0 amide bonds. The minimum Gasteiger partial charge on any atom is -0.434 e. The second-order valence-corrected chi connectivity index (χ2v) is 7.16. The van der Waals surface area contributed by atoms with Crippen LogP contribution in [0.5, 0.6) is 11.6 Å². The molecule has 30 heavy (non-hydrogen) atoms. The van der Waals surface area contributed by atoms with Gasteiger partial charge in [0.15, 0.2) is 11.4 Å². The second-order valence-electron chi connectivity index (χ2n) is 6.34. The van der Waals surface area contributed by atoms with Crippen molar-refractivity contribution in [1.82, 2.24) is 25.0 Å². The van der Waals surface area contributed by atoms with Gasteiger partial charge in [-0.2, -0.15) is 9.78 Å². The summed E-state index contributed by atoms with van der Waals surface area (Å²) in [6, 6.07) is 3.78. The molecule has 0 fully saturated rings. The first-order valence-electron chi connectivity index (χ1n) is 8.37. The lowest BCUT2D eigenvalue weighted by Gasteiger charge is -2.12. The maximum Gasteiger partial charge on any atom is 0.349 e. The number of H-pyrrole nitrogens is 2. The summed E-state index contributed by atoms with van der Waals surface area (Å²) in [5, 5.41) is 9.24. The average Bonchev–Trinajstić information content (AvgIpc) is 2.65. The highest BCUT2D eigenvalue weighted by atomic mass is 35.5. The van der Waals surface area contributed by atoms with Crippen molar-refractivity contribution in [3.63, 3.8) is 0 Å². The number of benzene rings is 1.